The minimum Gasteiger partial charge on any atom is -1.00 e. The summed E-state index contributed by atoms with van der Waals surface area (Å²) in [6.07, 6.45) is 4.21. The Labute approximate surface area is 193 Å². The molecule has 0 radical (unpaired) electrons. The number of hydrogen-bond acceptors (Lipinski definition) is 1. The van der Waals surface area contributed by atoms with E-state index < -0.39 is 0 Å². The Morgan fingerprint density at radius 2 is 1.41 bits per heavy atom. The minimum absolute atomic E-state index is 0. The Bertz CT molecular complexity index is 1090. The lowest BCUT2D eigenvalue weighted by atomic mass is 10.2. The maximum atomic E-state index is 6.04. The van der Waals surface area contributed by atoms with E-state index in [1.54, 1.807) is 0 Å². The highest BCUT2D eigenvalue weighted by Crippen LogP contribution is 2.16. The molecular formula is C22H22I2N2O. The van der Waals surface area contributed by atoms with Gasteiger partial charge in [0.15, 0.2) is 0 Å². The number of benzene rings is 2. The van der Waals surface area contributed by atoms with Crippen LogP contribution >= 0.6 is 0 Å². The fraction of sp³-hybridized carbons (Fsp3) is 0.182. The third-order valence-electron chi connectivity index (χ3n) is 4.64. The van der Waals surface area contributed by atoms with Crippen molar-refractivity contribution in [3.05, 3.63) is 72.2 Å². The molecule has 0 bridgehead atoms. The molecule has 0 N–H and O–H groups in total. The molecule has 2 aromatic heterocycles. The van der Waals surface area contributed by atoms with Gasteiger partial charge in [-0.3, -0.25) is 0 Å². The number of halogens is 2. The second kappa shape index (κ2) is 9.64. The first kappa shape index (κ1) is 21.8. The molecule has 0 fully saturated rings. The van der Waals surface area contributed by atoms with E-state index in [1.807, 2.05) is 18.2 Å². The van der Waals surface area contributed by atoms with E-state index in [0.717, 1.165) is 30.1 Å². The van der Waals surface area contributed by atoms with Gasteiger partial charge in [-0.15, -0.1) is 0 Å². The van der Waals surface area contributed by atoms with Crippen LogP contribution in [-0.2, 0) is 13.1 Å². The molecular weight excluding hydrogens is 562 g/mol. The van der Waals surface area contributed by atoms with Crippen LogP contribution in [0, 0.1) is 0 Å². The van der Waals surface area contributed by atoms with Crippen molar-refractivity contribution in [2.24, 2.45) is 0 Å². The van der Waals surface area contributed by atoms with Crippen LogP contribution < -0.4 is 57.1 Å². The fourth-order valence-corrected chi connectivity index (χ4v) is 3.44. The van der Waals surface area contributed by atoms with E-state index in [4.69, 9.17) is 4.42 Å². The quantitative estimate of drug-likeness (QED) is 0.209. The van der Waals surface area contributed by atoms with Crippen molar-refractivity contribution in [1.82, 2.24) is 0 Å². The van der Waals surface area contributed by atoms with Crippen LogP contribution in [0.25, 0.3) is 34.2 Å². The number of oxazole rings is 1. The van der Waals surface area contributed by atoms with Crippen LogP contribution in [0.15, 0.2) is 65.1 Å². The summed E-state index contributed by atoms with van der Waals surface area (Å²) in [5, 5.41) is 1.26. The third kappa shape index (κ3) is 4.18. The van der Waals surface area contributed by atoms with E-state index >= 15 is 0 Å². The predicted octanol–water partition coefficient (Wildman–Crippen LogP) is -1.62. The van der Waals surface area contributed by atoms with Gasteiger partial charge in [-0.05, 0) is 32.0 Å². The summed E-state index contributed by atoms with van der Waals surface area (Å²) in [6, 6.07) is 21.0. The third-order valence-corrected chi connectivity index (χ3v) is 4.64. The topological polar surface area (TPSA) is 20.9 Å². The number of nitrogens with zero attached hydrogens (tertiary/aromatic N) is 2. The Morgan fingerprint density at radius 1 is 0.741 bits per heavy atom. The molecule has 3 nitrogen and oxygen atoms in total. The molecule has 0 saturated carbocycles. The van der Waals surface area contributed by atoms with Crippen molar-refractivity contribution in [2.75, 3.05) is 0 Å². The van der Waals surface area contributed by atoms with Crippen molar-refractivity contribution in [2.45, 2.75) is 26.9 Å². The van der Waals surface area contributed by atoms with E-state index in [9.17, 15) is 0 Å². The standard InChI is InChI=1S/C22H22N2O.2HI/c1-3-23-18(14-13-17-9-5-6-10-19(17)23)15-16-22-24(4-2)20-11-7-8-12-21(20)25-22;;/h5-16H,3-4H2,1-2H3;2*1H/q+2;;/p-2/b16-15+;;. The molecule has 2 aromatic carbocycles. The van der Waals surface area contributed by atoms with Gasteiger partial charge in [-0.1, -0.05) is 24.3 Å². The first-order valence-electron chi connectivity index (χ1n) is 8.83. The number of hydrogen-bond donors (Lipinski definition) is 0. The zero-order valence-electron chi connectivity index (χ0n) is 15.4. The molecule has 0 aliphatic carbocycles. The van der Waals surface area contributed by atoms with Crippen molar-refractivity contribution in [3.8, 4) is 0 Å². The summed E-state index contributed by atoms with van der Waals surface area (Å²) in [4.78, 5) is 0. The summed E-state index contributed by atoms with van der Waals surface area (Å²) >= 11 is 0. The number of fused-ring (bicyclic) bond motifs is 2. The van der Waals surface area contributed by atoms with Gasteiger partial charge in [0.25, 0.3) is 5.52 Å². The molecule has 27 heavy (non-hydrogen) atoms. The lowest BCUT2D eigenvalue weighted by molar-refractivity contribution is -0.674. The maximum Gasteiger partial charge on any atom is 0.374 e. The normalized spacial score (nSPS) is 10.9. The maximum absolute atomic E-state index is 6.04. The van der Waals surface area contributed by atoms with Crippen LogP contribution in [0.5, 0.6) is 0 Å². The number of rotatable bonds is 4. The van der Waals surface area contributed by atoms with E-state index in [0.29, 0.717) is 0 Å². The Balaban J connectivity index is 0.00000131. The molecule has 4 rings (SSSR count). The summed E-state index contributed by atoms with van der Waals surface area (Å²) in [5.74, 6) is 0.875. The Morgan fingerprint density at radius 3 is 2.15 bits per heavy atom. The van der Waals surface area contributed by atoms with E-state index in [1.165, 1.54) is 16.6 Å². The molecule has 0 aliphatic rings. The van der Waals surface area contributed by atoms with E-state index in [-0.39, 0.29) is 48.0 Å². The van der Waals surface area contributed by atoms with Crippen LogP contribution in [-0.4, -0.2) is 0 Å². The number of para-hydroxylation sites is 3. The number of aryl methyl sites for hydroxylation is 2. The predicted molar refractivity (Wildman–Crippen MR) is 101 cm³/mol. The van der Waals surface area contributed by atoms with Gasteiger partial charge in [0.05, 0.1) is 6.08 Å². The summed E-state index contributed by atoms with van der Waals surface area (Å²) < 4.78 is 10.6. The molecule has 0 unspecified atom stereocenters. The molecule has 140 valence electrons. The average molecular weight is 584 g/mol. The molecule has 5 heteroatoms. The highest BCUT2D eigenvalue weighted by Gasteiger charge is 2.19. The van der Waals surface area contributed by atoms with Crippen LogP contribution in [0.1, 0.15) is 25.4 Å². The first-order chi connectivity index (χ1) is 12.3. The van der Waals surface area contributed by atoms with Gasteiger partial charge in [0.1, 0.15) is 13.1 Å². The molecule has 0 saturated heterocycles. The van der Waals surface area contributed by atoms with Crippen LogP contribution in [0.4, 0.5) is 0 Å². The lowest BCUT2D eigenvalue weighted by Gasteiger charge is -2.02. The minimum atomic E-state index is 0. The molecule has 0 aliphatic heterocycles. The number of aromatic nitrogens is 2. The fourth-order valence-electron chi connectivity index (χ4n) is 3.44. The zero-order chi connectivity index (χ0) is 17.2. The Hall–Kier alpha value is -1.48. The molecule has 2 heterocycles. The molecule has 0 amide bonds. The highest BCUT2D eigenvalue weighted by atomic mass is 127. The Kier molecular flexibility index (Phi) is 7.79. The van der Waals surface area contributed by atoms with Gasteiger partial charge in [0, 0.05) is 29.7 Å². The lowest BCUT2D eigenvalue weighted by Crippen LogP contribution is -3.00. The van der Waals surface area contributed by atoms with E-state index in [2.05, 4.69) is 77.6 Å². The zero-order valence-corrected chi connectivity index (χ0v) is 19.7. The largest absolute Gasteiger partial charge is 1.00 e. The van der Waals surface area contributed by atoms with Crippen LogP contribution in [0.3, 0.4) is 0 Å². The smallest absolute Gasteiger partial charge is 0.374 e. The number of pyridine rings is 1. The highest BCUT2D eigenvalue weighted by molar-refractivity contribution is 5.77. The van der Waals surface area contributed by atoms with Crippen molar-refractivity contribution in [3.63, 3.8) is 0 Å². The summed E-state index contributed by atoms with van der Waals surface area (Å²) in [5.41, 5.74) is 4.47. The first-order valence-corrected chi connectivity index (χ1v) is 8.83. The van der Waals surface area contributed by atoms with Gasteiger partial charge < -0.3 is 52.4 Å². The SMILES string of the molecule is CC[n+]1c(/C=C/c2oc3ccccc3[n+]2CC)ccc2ccccc21.[I-].[I-]. The van der Waals surface area contributed by atoms with Crippen LogP contribution in [0.2, 0.25) is 0 Å². The second-order valence-corrected chi connectivity index (χ2v) is 6.05. The molecule has 0 atom stereocenters. The molecule has 4 aromatic rings. The molecule has 0 spiro atoms. The van der Waals surface area contributed by atoms with Crippen molar-refractivity contribution in [1.29, 1.82) is 0 Å². The summed E-state index contributed by atoms with van der Waals surface area (Å²) in [7, 11) is 0. The summed E-state index contributed by atoms with van der Waals surface area (Å²) in [6.45, 7) is 6.12. The van der Waals surface area contributed by atoms with Gasteiger partial charge in [0.2, 0.25) is 16.8 Å². The van der Waals surface area contributed by atoms with Crippen molar-refractivity contribution >= 4 is 34.2 Å². The monoisotopic (exact) mass is 584 g/mol. The van der Waals surface area contributed by atoms with Gasteiger partial charge in [-0.25, -0.2) is 0 Å². The second-order valence-electron chi connectivity index (χ2n) is 6.05. The van der Waals surface area contributed by atoms with Crippen molar-refractivity contribution < 1.29 is 61.5 Å². The average Bonchev–Trinajstić information content (AvgIpc) is 3.03. The van der Waals surface area contributed by atoms with Gasteiger partial charge in [-0.2, -0.15) is 9.13 Å². The van der Waals surface area contributed by atoms with Gasteiger partial charge >= 0.3 is 5.89 Å².